The number of carbonyl (C=O) groups is 2. The van der Waals surface area contributed by atoms with Crippen LogP contribution >= 0.6 is 11.6 Å². The number of amides is 2. The van der Waals surface area contributed by atoms with Crippen molar-refractivity contribution in [2.75, 3.05) is 23.7 Å². The summed E-state index contributed by atoms with van der Waals surface area (Å²) in [6.07, 6.45) is 1.06. The van der Waals surface area contributed by atoms with Crippen LogP contribution in [0, 0.1) is 11.7 Å². The minimum atomic E-state index is -3.82. The number of hydrogen-bond acceptors (Lipinski definition) is 4. The Bertz CT molecular complexity index is 1090. The molecule has 7 nitrogen and oxygen atoms in total. The van der Waals surface area contributed by atoms with Crippen molar-refractivity contribution in [3.8, 4) is 0 Å². The monoisotopic (exact) mass is 467 g/mol. The van der Waals surface area contributed by atoms with Crippen molar-refractivity contribution < 1.29 is 22.4 Å². The Morgan fingerprint density at radius 2 is 1.74 bits per heavy atom. The number of halogens is 2. The number of nitrogens with one attached hydrogen (secondary N) is 2. The Morgan fingerprint density at radius 3 is 2.35 bits per heavy atom. The van der Waals surface area contributed by atoms with Gasteiger partial charge in [0.15, 0.2) is 0 Å². The van der Waals surface area contributed by atoms with Crippen molar-refractivity contribution in [3.05, 3.63) is 53.3 Å². The van der Waals surface area contributed by atoms with Crippen molar-refractivity contribution in [1.29, 1.82) is 0 Å². The van der Waals surface area contributed by atoms with Gasteiger partial charge in [-0.2, -0.15) is 4.31 Å². The molecule has 0 spiro atoms. The molecule has 3 rings (SSSR count). The summed E-state index contributed by atoms with van der Waals surface area (Å²) >= 11 is 5.71. The van der Waals surface area contributed by atoms with Crippen molar-refractivity contribution in [2.24, 2.45) is 5.92 Å². The fourth-order valence-electron chi connectivity index (χ4n) is 3.31. The predicted octanol–water partition coefficient (Wildman–Crippen LogP) is 3.87. The third-order valence-corrected chi connectivity index (χ3v) is 7.27. The summed E-state index contributed by atoms with van der Waals surface area (Å²) in [6.45, 7) is 2.09. The molecule has 2 aromatic carbocycles. The van der Waals surface area contributed by atoms with Crippen LogP contribution < -0.4 is 10.6 Å². The van der Waals surface area contributed by atoms with E-state index in [4.69, 9.17) is 11.6 Å². The lowest BCUT2D eigenvalue weighted by Gasteiger charge is -2.30. The van der Waals surface area contributed by atoms with Crippen LogP contribution in [0.2, 0.25) is 5.02 Å². The largest absolute Gasteiger partial charge is 0.326 e. The van der Waals surface area contributed by atoms with Crippen LogP contribution in [0.1, 0.15) is 26.2 Å². The van der Waals surface area contributed by atoms with E-state index in [1.807, 2.05) is 0 Å². The molecule has 1 saturated heterocycles. The number of sulfonamides is 1. The van der Waals surface area contributed by atoms with Crippen molar-refractivity contribution in [2.45, 2.75) is 31.1 Å². The molecule has 166 valence electrons. The number of piperidine rings is 1. The first-order chi connectivity index (χ1) is 14.7. The Morgan fingerprint density at radius 1 is 1.10 bits per heavy atom. The Hall–Kier alpha value is -2.49. The van der Waals surface area contributed by atoms with Gasteiger partial charge in [-0.25, -0.2) is 12.8 Å². The van der Waals surface area contributed by atoms with E-state index in [-0.39, 0.29) is 40.7 Å². The van der Waals surface area contributed by atoms with Gasteiger partial charge in [-0.3, -0.25) is 9.59 Å². The molecule has 1 fully saturated rings. The van der Waals surface area contributed by atoms with Gasteiger partial charge in [-0.05, 0) is 49.2 Å². The molecule has 0 saturated carbocycles. The highest BCUT2D eigenvalue weighted by Gasteiger charge is 2.32. The molecule has 2 aromatic rings. The lowest BCUT2D eigenvalue weighted by Crippen LogP contribution is -2.41. The maximum atomic E-state index is 13.3. The van der Waals surface area contributed by atoms with Crippen LogP contribution in [0.5, 0.6) is 0 Å². The Balaban J connectivity index is 1.60. The SMILES string of the molecule is CCC(=O)Nc1cccc(NC(=O)C2CCN(S(=O)(=O)c3ccc(F)c(Cl)c3)CC2)c1. The number of hydrogen-bond donors (Lipinski definition) is 2. The van der Waals surface area contributed by atoms with Gasteiger partial charge in [0.2, 0.25) is 21.8 Å². The van der Waals surface area contributed by atoms with E-state index in [2.05, 4.69) is 10.6 Å². The highest BCUT2D eigenvalue weighted by atomic mass is 35.5. The van der Waals surface area contributed by atoms with Crippen molar-refractivity contribution in [1.82, 2.24) is 4.31 Å². The van der Waals surface area contributed by atoms with Crippen LogP contribution in [0.3, 0.4) is 0 Å². The quantitative estimate of drug-likeness (QED) is 0.674. The molecule has 1 aliphatic heterocycles. The van der Waals surface area contributed by atoms with Gasteiger partial charge in [0, 0.05) is 36.8 Å². The zero-order valence-corrected chi connectivity index (χ0v) is 18.5. The van der Waals surface area contributed by atoms with Crippen molar-refractivity contribution in [3.63, 3.8) is 0 Å². The average Bonchev–Trinajstić information content (AvgIpc) is 2.75. The smallest absolute Gasteiger partial charge is 0.243 e. The summed E-state index contributed by atoms with van der Waals surface area (Å²) < 4.78 is 40.2. The van der Waals surface area contributed by atoms with Gasteiger partial charge in [0.25, 0.3) is 0 Å². The maximum Gasteiger partial charge on any atom is 0.243 e. The van der Waals surface area contributed by atoms with E-state index in [9.17, 15) is 22.4 Å². The summed E-state index contributed by atoms with van der Waals surface area (Å²) in [5.74, 6) is -1.37. The number of rotatable bonds is 6. The fourth-order valence-corrected chi connectivity index (χ4v) is 5.05. The molecule has 0 bridgehead atoms. The molecule has 1 aliphatic rings. The number of nitrogens with zero attached hydrogens (tertiary/aromatic N) is 1. The number of carbonyl (C=O) groups excluding carboxylic acids is 2. The van der Waals surface area contributed by atoms with Gasteiger partial charge in [-0.1, -0.05) is 24.6 Å². The standard InChI is InChI=1S/C21H23ClFN3O4S/c1-2-20(27)24-15-4-3-5-16(12-15)25-21(28)14-8-10-26(11-9-14)31(29,30)17-6-7-19(23)18(22)13-17/h3-7,12-14H,2,8-11H2,1H3,(H,24,27)(H,25,28). The summed E-state index contributed by atoms with van der Waals surface area (Å²) in [5, 5.41) is 5.30. The minimum absolute atomic E-state index is 0.0762. The summed E-state index contributed by atoms with van der Waals surface area (Å²) in [5.41, 5.74) is 1.14. The molecule has 1 heterocycles. The first-order valence-corrected chi connectivity index (χ1v) is 11.7. The predicted molar refractivity (Wildman–Crippen MR) is 117 cm³/mol. The van der Waals surface area contributed by atoms with Gasteiger partial charge in [0.05, 0.1) is 9.92 Å². The van der Waals surface area contributed by atoms with Gasteiger partial charge >= 0.3 is 0 Å². The maximum absolute atomic E-state index is 13.3. The molecule has 0 aliphatic carbocycles. The van der Waals surface area contributed by atoms with E-state index < -0.39 is 15.8 Å². The van der Waals surface area contributed by atoms with Crippen molar-refractivity contribution >= 4 is 44.8 Å². The van der Waals surface area contributed by atoms with E-state index in [1.165, 1.54) is 10.4 Å². The normalized spacial score (nSPS) is 15.5. The highest BCUT2D eigenvalue weighted by molar-refractivity contribution is 7.89. The molecule has 0 radical (unpaired) electrons. The van der Waals surface area contributed by atoms with Gasteiger partial charge in [-0.15, -0.1) is 0 Å². The van der Waals surface area contributed by atoms with Crippen LogP contribution in [-0.4, -0.2) is 37.6 Å². The first kappa shape index (κ1) is 23.2. The van der Waals surface area contributed by atoms with E-state index in [0.717, 1.165) is 12.1 Å². The van der Waals surface area contributed by atoms with Crippen LogP contribution in [0.4, 0.5) is 15.8 Å². The highest BCUT2D eigenvalue weighted by Crippen LogP contribution is 2.27. The number of benzene rings is 2. The van der Waals surface area contributed by atoms with E-state index >= 15 is 0 Å². The molecule has 31 heavy (non-hydrogen) atoms. The van der Waals surface area contributed by atoms with Gasteiger partial charge in [0.1, 0.15) is 5.82 Å². The zero-order chi connectivity index (χ0) is 22.6. The minimum Gasteiger partial charge on any atom is -0.326 e. The Kier molecular flexibility index (Phi) is 7.30. The second-order valence-corrected chi connectivity index (χ2v) is 9.57. The number of anilines is 2. The third kappa shape index (κ3) is 5.61. The molecule has 10 heteroatoms. The lowest BCUT2D eigenvalue weighted by atomic mass is 9.97. The molecule has 0 aromatic heterocycles. The molecular formula is C21H23ClFN3O4S. The second kappa shape index (κ2) is 9.76. The zero-order valence-electron chi connectivity index (χ0n) is 16.9. The van der Waals surface area contributed by atoms with Crippen LogP contribution in [-0.2, 0) is 19.6 Å². The second-order valence-electron chi connectivity index (χ2n) is 7.23. The van der Waals surface area contributed by atoms with E-state index in [0.29, 0.717) is 30.6 Å². The summed E-state index contributed by atoms with van der Waals surface area (Å²) in [7, 11) is -3.82. The first-order valence-electron chi connectivity index (χ1n) is 9.86. The third-order valence-electron chi connectivity index (χ3n) is 5.09. The Labute approximate surface area is 185 Å². The molecule has 2 amide bonds. The van der Waals surface area contributed by atoms with E-state index in [1.54, 1.807) is 31.2 Å². The molecule has 2 N–H and O–H groups in total. The van der Waals surface area contributed by atoms with Gasteiger partial charge < -0.3 is 10.6 Å². The lowest BCUT2D eigenvalue weighted by molar-refractivity contribution is -0.121. The summed E-state index contributed by atoms with van der Waals surface area (Å²) in [4.78, 5) is 24.1. The average molecular weight is 468 g/mol. The molecule has 0 unspecified atom stereocenters. The van der Waals surface area contributed by atoms with Crippen LogP contribution in [0.15, 0.2) is 47.4 Å². The fraction of sp³-hybridized carbons (Fsp3) is 0.333. The molecule has 0 atom stereocenters. The summed E-state index contributed by atoms with van der Waals surface area (Å²) in [6, 6.07) is 10.1. The molecular weight excluding hydrogens is 445 g/mol. The van der Waals surface area contributed by atoms with Crippen LogP contribution in [0.25, 0.3) is 0 Å². The topological polar surface area (TPSA) is 95.6 Å².